The molecule has 0 radical (unpaired) electrons. The van der Waals surface area contributed by atoms with Crippen LogP contribution in [0.1, 0.15) is 32.6 Å². The lowest BCUT2D eigenvalue weighted by molar-refractivity contribution is 0.144. The topological polar surface area (TPSA) is 36.3 Å². The minimum atomic E-state index is 0.392. The predicted octanol–water partition coefficient (Wildman–Crippen LogP) is 1.87. The minimum absolute atomic E-state index is 0.392. The van der Waals surface area contributed by atoms with Gasteiger partial charge >= 0.3 is 0 Å². The molecular formula is C11H20N2O. The summed E-state index contributed by atoms with van der Waals surface area (Å²) >= 11 is 0. The molecule has 2 fully saturated rings. The number of piperidine rings is 1. The molecule has 3 heteroatoms. The van der Waals surface area contributed by atoms with Crippen molar-refractivity contribution in [2.45, 2.75) is 44.7 Å². The van der Waals surface area contributed by atoms with Crippen molar-refractivity contribution in [2.24, 2.45) is 5.92 Å². The van der Waals surface area contributed by atoms with Crippen molar-refractivity contribution in [1.29, 1.82) is 5.41 Å². The van der Waals surface area contributed by atoms with Gasteiger partial charge in [-0.2, -0.15) is 0 Å². The molecule has 1 N–H and O–H groups in total. The van der Waals surface area contributed by atoms with Gasteiger partial charge in [0.15, 0.2) is 5.90 Å². The molecule has 2 aliphatic heterocycles. The van der Waals surface area contributed by atoms with Crippen molar-refractivity contribution in [2.75, 3.05) is 13.7 Å². The third kappa shape index (κ3) is 1.65. The molecule has 2 saturated heterocycles. The lowest BCUT2D eigenvalue weighted by Crippen LogP contribution is -2.42. The molecule has 14 heavy (non-hydrogen) atoms. The van der Waals surface area contributed by atoms with Crippen LogP contribution in [0.25, 0.3) is 0 Å². The van der Waals surface area contributed by atoms with Crippen LogP contribution < -0.4 is 0 Å². The first-order valence-corrected chi connectivity index (χ1v) is 5.65. The van der Waals surface area contributed by atoms with Crippen LogP contribution in [-0.4, -0.2) is 36.5 Å². The van der Waals surface area contributed by atoms with Gasteiger partial charge in [-0.1, -0.05) is 0 Å². The lowest BCUT2D eigenvalue weighted by atomic mass is 9.91. The van der Waals surface area contributed by atoms with Crippen molar-refractivity contribution >= 4 is 5.90 Å². The van der Waals surface area contributed by atoms with Gasteiger partial charge in [0.25, 0.3) is 0 Å². The van der Waals surface area contributed by atoms with Crippen molar-refractivity contribution in [3.8, 4) is 0 Å². The van der Waals surface area contributed by atoms with E-state index in [1.807, 2.05) is 6.92 Å². The number of ether oxygens (including phenoxy) is 1. The summed E-state index contributed by atoms with van der Waals surface area (Å²) in [5, 5.41) is 7.82. The number of fused-ring (bicyclic) bond motifs is 2. The van der Waals surface area contributed by atoms with E-state index in [2.05, 4.69) is 11.9 Å². The van der Waals surface area contributed by atoms with E-state index in [1.54, 1.807) is 0 Å². The number of hydrogen-bond donors (Lipinski definition) is 1. The fourth-order valence-electron chi connectivity index (χ4n) is 2.90. The zero-order valence-electron chi connectivity index (χ0n) is 9.12. The standard InChI is InChI=1S/C11H20N2O/c1-3-14-11(12)8-6-9-4-5-10(7-8)13(9)2/h8-10,12H,3-7H2,1-2H3. The maximum atomic E-state index is 7.82. The summed E-state index contributed by atoms with van der Waals surface area (Å²) in [4.78, 5) is 2.50. The van der Waals surface area contributed by atoms with E-state index in [4.69, 9.17) is 10.1 Å². The highest BCUT2D eigenvalue weighted by Gasteiger charge is 2.40. The highest BCUT2D eigenvalue weighted by molar-refractivity contribution is 5.75. The van der Waals surface area contributed by atoms with E-state index < -0.39 is 0 Å². The molecular weight excluding hydrogens is 176 g/mol. The first-order chi connectivity index (χ1) is 6.72. The smallest absolute Gasteiger partial charge is 0.183 e. The van der Waals surface area contributed by atoms with Gasteiger partial charge in [-0.25, -0.2) is 0 Å². The molecule has 0 aromatic heterocycles. The van der Waals surface area contributed by atoms with Gasteiger partial charge in [0.05, 0.1) is 6.61 Å². The average molecular weight is 196 g/mol. The SMILES string of the molecule is CCOC(=N)C1CC2CCC(C1)N2C. The summed E-state index contributed by atoms with van der Waals surface area (Å²) in [7, 11) is 2.23. The molecule has 2 atom stereocenters. The maximum absolute atomic E-state index is 7.82. The molecule has 2 unspecified atom stereocenters. The Morgan fingerprint density at radius 3 is 2.43 bits per heavy atom. The van der Waals surface area contributed by atoms with Gasteiger partial charge in [-0.05, 0) is 39.7 Å². The summed E-state index contributed by atoms with van der Waals surface area (Å²) in [6.07, 6.45) is 4.89. The van der Waals surface area contributed by atoms with Crippen LogP contribution in [0, 0.1) is 11.3 Å². The number of nitrogens with one attached hydrogen (secondary N) is 1. The zero-order valence-corrected chi connectivity index (χ0v) is 9.12. The van der Waals surface area contributed by atoms with Gasteiger partial charge < -0.3 is 9.64 Å². The Bertz CT molecular complexity index is 215. The molecule has 3 nitrogen and oxygen atoms in total. The van der Waals surface area contributed by atoms with Crippen molar-refractivity contribution in [1.82, 2.24) is 4.90 Å². The fourth-order valence-corrected chi connectivity index (χ4v) is 2.90. The fraction of sp³-hybridized carbons (Fsp3) is 0.909. The van der Waals surface area contributed by atoms with Gasteiger partial charge in [-0.15, -0.1) is 0 Å². The van der Waals surface area contributed by atoms with Gasteiger partial charge in [0.1, 0.15) is 0 Å². The normalized spacial score (nSPS) is 37.1. The first-order valence-electron chi connectivity index (χ1n) is 5.65. The molecule has 0 amide bonds. The Hall–Kier alpha value is -0.570. The summed E-state index contributed by atoms with van der Waals surface area (Å²) in [6.45, 7) is 2.60. The second kappa shape index (κ2) is 3.89. The van der Waals surface area contributed by atoms with E-state index in [1.165, 1.54) is 12.8 Å². The Labute approximate surface area is 85.9 Å². The Kier molecular flexibility index (Phi) is 2.77. The summed E-state index contributed by atoms with van der Waals surface area (Å²) in [5.74, 6) is 0.918. The zero-order chi connectivity index (χ0) is 10.1. The molecule has 2 heterocycles. The van der Waals surface area contributed by atoms with Crippen LogP contribution in [0.3, 0.4) is 0 Å². The van der Waals surface area contributed by atoms with Crippen molar-refractivity contribution in [3.63, 3.8) is 0 Å². The summed E-state index contributed by atoms with van der Waals surface area (Å²) in [6, 6.07) is 1.42. The molecule has 2 bridgehead atoms. The summed E-state index contributed by atoms with van der Waals surface area (Å²) in [5.41, 5.74) is 0. The van der Waals surface area contributed by atoms with Gasteiger partial charge in [-0.3, -0.25) is 5.41 Å². The van der Waals surface area contributed by atoms with Crippen LogP contribution in [0.5, 0.6) is 0 Å². The highest BCUT2D eigenvalue weighted by Crippen LogP contribution is 2.37. The first kappa shape index (κ1) is 9.97. The van der Waals surface area contributed by atoms with Crippen LogP contribution in [0.4, 0.5) is 0 Å². The lowest BCUT2D eigenvalue weighted by Gasteiger charge is -2.36. The van der Waals surface area contributed by atoms with E-state index in [0.717, 1.165) is 12.8 Å². The molecule has 2 rings (SSSR count). The monoisotopic (exact) mass is 196 g/mol. The predicted molar refractivity (Wildman–Crippen MR) is 56.6 cm³/mol. The van der Waals surface area contributed by atoms with Crippen LogP contribution in [0.2, 0.25) is 0 Å². The third-order valence-electron chi connectivity index (χ3n) is 3.77. The van der Waals surface area contributed by atoms with Gasteiger partial charge in [0.2, 0.25) is 0 Å². The third-order valence-corrected chi connectivity index (χ3v) is 3.77. The number of nitrogens with zero attached hydrogens (tertiary/aromatic N) is 1. The Morgan fingerprint density at radius 2 is 1.93 bits per heavy atom. The van der Waals surface area contributed by atoms with Crippen LogP contribution in [0.15, 0.2) is 0 Å². The molecule has 0 aromatic carbocycles. The molecule has 2 aliphatic rings. The second-order valence-electron chi connectivity index (χ2n) is 4.52. The van der Waals surface area contributed by atoms with Crippen molar-refractivity contribution < 1.29 is 4.74 Å². The van der Waals surface area contributed by atoms with E-state index in [0.29, 0.717) is 30.5 Å². The van der Waals surface area contributed by atoms with Crippen LogP contribution in [-0.2, 0) is 4.74 Å². The van der Waals surface area contributed by atoms with Crippen LogP contribution >= 0.6 is 0 Å². The average Bonchev–Trinajstić information content (AvgIpc) is 2.42. The Balaban J connectivity index is 1.95. The molecule has 0 spiro atoms. The molecule has 80 valence electrons. The maximum Gasteiger partial charge on any atom is 0.183 e. The number of rotatable bonds is 2. The number of hydrogen-bond acceptors (Lipinski definition) is 3. The van der Waals surface area contributed by atoms with Gasteiger partial charge in [0, 0.05) is 18.0 Å². The quantitative estimate of drug-likeness (QED) is 0.540. The minimum Gasteiger partial charge on any atom is -0.481 e. The largest absolute Gasteiger partial charge is 0.481 e. The van der Waals surface area contributed by atoms with E-state index in [-0.39, 0.29) is 0 Å². The highest BCUT2D eigenvalue weighted by atomic mass is 16.5. The van der Waals surface area contributed by atoms with E-state index >= 15 is 0 Å². The molecule has 0 aromatic rings. The summed E-state index contributed by atoms with van der Waals surface area (Å²) < 4.78 is 5.31. The molecule has 0 saturated carbocycles. The van der Waals surface area contributed by atoms with E-state index in [9.17, 15) is 0 Å². The Morgan fingerprint density at radius 1 is 1.36 bits per heavy atom. The molecule has 0 aliphatic carbocycles. The second-order valence-corrected chi connectivity index (χ2v) is 4.52. The van der Waals surface area contributed by atoms with Crippen molar-refractivity contribution in [3.05, 3.63) is 0 Å².